The van der Waals surface area contributed by atoms with Crippen LogP contribution in [0.4, 0.5) is 11.6 Å². The quantitative estimate of drug-likeness (QED) is 0.0813. The number of carbonyl (C=O) groups excluding carboxylic acids is 1. The second kappa shape index (κ2) is 18.6. The Bertz CT molecular complexity index is 1020. The minimum atomic E-state index is -1.16. The topological polar surface area (TPSA) is 227 Å². The van der Waals surface area contributed by atoms with Crippen molar-refractivity contribution in [2.24, 2.45) is 10.7 Å². The fraction of sp³-hybridized carbons (Fsp3) is 0.455. The van der Waals surface area contributed by atoms with Gasteiger partial charge in [-0.25, -0.2) is 9.97 Å². The van der Waals surface area contributed by atoms with Crippen LogP contribution in [-0.4, -0.2) is 82.2 Å². The Kier molecular flexibility index (Phi) is 17.3. The minimum absolute atomic E-state index is 0. The predicted molar refractivity (Wildman–Crippen MR) is 151 cm³/mol. The first kappa shape index (κ1) is 35.4. The van der Waals surface area contributed by atoms with E-state index in [1.54, 1.807) is 0 Å². The Morgan fingerprint density at radius 3 is 2.42 bits per heavy atom. The van der Waals surface area contributed by atoms with Crippen LogP contribution in [0.25, 0.3) is 0 Å². The normalized spacial score (nSPS) is 12.6. The molecule has 1 heterocycles. The number of aliphatic hydroxyl groups is 3. The summed E-state index contributed by atoms with van der Waals surface area (Å²) in [5, 5.41) is 32.8. The van der Waals surface area contributed by atoms with Crippen LogP contribution in [0.2, 0.25) is 5.15 Å². The van der Waals surface area contributed by atoms with Gasteiger partial charge < -0.3 is 42.6 Å². The number of benzene rings is 1. The maximum Gasteiger partial charge on any atom is 0.280 e. The molecule has 11 N–H and O–H groups in total. The van der Waals surface area contributed by atoms with E-state index in [1.807, 2.05) is 24.3 Å². The van der Waals surface area contributed by atoms with Crippen molar-refractivity contribution in [1.82, 2.24) is 20.6 Å². The Morgan fingerprint density at radius 2 is 1.76 bits per heavy atom. The van der Waals surface area contributed by atoms with Crippen LogP contribution in [-0.2, 0) is 6.42 Å². The summed E-state index contributed by atoms with van der Waals surface area (Å²) >= 11 is 5.77. The highest BCUT2D eigenvalue weighted by atomic mass is 35.5. The number of aromatic nitrogens is 2. The number of hydrogen-bond acceptors (Lipinski definition) is 11. The maximum atomic E-state index is 12.2. The number of aliphatic imine (C=N–C) groups is 1. The number of nitrogens with zero attached hydrogens (tertiary/aromatic N) is 3. The summed E-state index contributed by atoms with van der Waals surface area (Å²) in [6.45, 7) is 0.969. The fourth-order valence-electron chi connectivity index (χ4n) is 2.97. The zero-order chi connectivity index (χ0) is 26.5. The first-order chi connectivity index (χ1) is 17.2. The molecule has 0 unspecified atom stereocenters. The molecule has 0 radical (unpaired) electrons. The SMILES string of the molecule is Cl.Cl.NC(=NCCCCc1ccc(OCCNC[C@H](O)[C@H](O)CO)cc1)NC(=O)c1nc(Cl)c(N)nc1N. The number of nitrogen functional groups attached to an aromatic ring is 2. The van der Waals surface area contributed by atoms with Gasteiger partial charge in [0.1, 0.15) is 18.5 Å². The van der Waals surface area contributed by atoms with Crippen LogP contribution in [0.1, 0.15) is 28.9 Å². The lowest BCUT2D eigenvalue weighted by molar-refractivity contribution is -0.0130. The highest BCUT2D eigenvalue weighted by Gasteiger charge is 2.16. The van der Waals surface area contributed by atoms with E-state index in [2.05, 4.69) is 25.6 Å². The Morgan fingerprint density at radius 1 is 1.08 bits per heavy atom. The summed E-state index contributed by atoms with van der Waals surface area (Å²) in [5.74, 6) is -0.261. The molecule has 214 valence electrons. The van der Waals surface area contributed by atoms with E-state index in [-0.39, 0.29) is 59.8 Å². The molecule has 0 aliphatic carbocycles. The lowest BCUT2D eigenvalue weighted by atomic mass is 10.1. The molecule has 2 atom stereocenters. The molecule has 16 heteroatoms. The van der Waals surface area contributed by atoms with Crippen molar-refractivity contribution in [1.29, 1.82) is 0 Å². The Balaban J connectivity index is 0.00000684. The molecule has 0 bridgehead atoms. The van der Waals surface area contributed by atoms with Crippen LogP contribution >= 0.6 is 36.4 Å². The van der Waals surface area contributed by atoms with Crippen molar-refractivity contribution >= 4 is 59.9 Å². The van der Waals surface area contributed by atoms with Crippen LogP contribution in [0.3, 0.4) is 0 Å². The van der Waals surface area contributed by atoms with Gasteiger partial charge in [-0.15, -0.1) is 24.8 Å². The number of guanidine groups is 1. The molecule has 38 heavy (non-hydrogen) atoms. The van der Waals surface area contributed by atoms with Crippen molar-refractivity contribution in [3.8, 4) is 5.75 Å². The van der Waals surface area contributed by atoms with Crippen molar-refractivity contribution in [2.75, 3.05) is 44.3 Å². The molecule has 0 spiro atoms. The molecule has 0 fully saturated rings. The Labute approximate surface area is 238 Å². The number of rotatable bonds is 14. The highest BCUT2D eigenvalue weighted by molar-refractivity contribution is 6.31. The monoisotopic (exact) mass is 596 g/mol. The number of halogens is 3. The van der Waals surface area contributed by atoms with Crippen molar-refractivity contribution in [3.63, 3.8) is 0 Å². The molecular weight excluding hydrogens is 563 g/mol. The second-order valence-corrected chi connectivity index (χ2v) is 8.18. The molecule has 0 saturated heterocycles. The number of aliphatic hydroxyl groups excluding tert-OH is 3. The lowest BCUT2D eigenvalue weighted by Gasteiger charge is -2.16. The number of aryl methyl sites for hydroxylation is 1. The molecule has 13 nitrogen and oxygen atoms in total. The van der Waals surface area contributed by atoms with Gasteiger partial charge >= 0.3 is 0 Å². The van der Waals surface area contributed by atoms with Gasteiger partial charge in [-0.3, -0.25) is 15.1 Å². The first-order valence-electron chi connectivity index (χ1n) is 11.3. The Hall–Kier alpha value is -2.65. The zero-order valence-corrected chi connectivity index (χ0v) is 22.9. The lowest BCUT2D eigenvalue weighted by Crippen LogP contribution is -2.39. The van der Waals surface area contributed by atoms with Crippen molar-refractivity contribution < 1.29 is 24.9 Å². The van der Waals surface area contributed by atoms with Gasteiger partial charge in [0.05, 0.1) is 12.7 Å². The number of hydrogen-bond donors (Lipinski definition) is 8. The maximum absolute atomic E-state index is 12.2. The van der Waals surface area contributed by atoms with Gasteiger partial charge in [-0.1, -0.05) is 23.7 Å². The van der Waals surface area contributed by atoms with E-state index in [9.17, 15) is 15.0 Å². The van der Waals surface area contributed by atoms with Gasteiger partial charge in [0, 0.05) is 19.6 Å². The molecule has 1 aromatic carbocycles. The molecule has 2 rings (SSSR count). The molecule has 1 amide bonds. The van der Waals surface area contributed by atoms with Crippen LogP contribution < -0.4 is 32.6 Å². The van der Waals surface area contributed by atoms with Gasteiger partial charge in [-0.2, -0.15) is 0 Å². The standard InChI is InChI=1S/C22H33ClN8O5.2ClH/c23-18-20(25)30-19(24)17(29-18)21(35)31-22(26)28-8-2-1-3-13-4-6-14(7-5-13)36-10-9-27-11-15(33)16(34)12-32;;/h4-7,15-16,27,32-34H,1-3,8-12H2,(H4,24,25,30)(H3,26,28,31,35);2*1H/t15-,16+;;/m0../s1. The summed E-state index contributed by atoms with van der Waals surface area (Å²) in [4.78, 5) is 23.9. The smallest absolute Gasteiger partial charge is 0.280 e. The fourth-order valence-corrected chi connectivity index (χ4v) is 3.09. The van der Waals surface area contributed by atoms with Gasteiger partial charge in [0.25, 0.3) is 5.91 Å². The van der Waals surface area contributed by atoms with Crippen LogP contribution in [0.15, 0.2) is 29.3 Å². The number of ether oxygens (including phenoxy) is 1. The molecule has 1 aromatic heterocycles. The average Bonchev–Trinajstić information content (AvgIpc) is 2.85. The molecule has 0 aliphatic heterocycles. The van der Waals surface area contributed by atoms with E-state index in [4.69, 9.17) is 38.6 Å². The number of anilines is 2. The molecular formula is C22H35Cl3N8O5. The van der Waals surface area contributed by atoms with Crippen molar-refractivity contribution in [2.45, 2.75) is 31.5 Å². The summed E-state index contributed by atoms with van der Waals surface area (Å²) < 4.78 is 5.63. The van der Waals surface area contributed by atoms with E-state index >= 15 is 0 Å². The van der Waals surface area contributed by atoms with Crippen molar-refractivity contribution in [3.05, 3.63) is 40.7 Å². The van der Waals surface area contributed by atoms with E-state index in [1.165, 1.54) is 0 Å². The molecule has 0 aliphatic rings. The third kappa shape index (κ3) is 12.3. The summed E-state index contributed by atoms with van der Waals surface area (Å²) in [6.07, 6.45) is 0.269. The third-order valence-electron chi connectivity index (χ3n) is 4.97. The second-order valence-electron chi connectivity index (χ2n) is 7.83. The van der Waals surface area contributed by atoms with Crippen LogP contribution in [0.5, 0.6) is 5.75 Å². The van der Waals surface area contributed by atoms with E-state index in [0.29, 0.717) is 19.7 Å². The molecule has 0 saturated carbocycles. The van der Waals surface area contributed by atoms with Gasteiger partial charge in [-0.05, 0) is 37.0 Å². The largest absolute Gasteiger partial charge is 0.492 e. The third-order valence-corrected chi connectivity index (χ3v) is 5.25. The number of amides is 1. The zero-order valence-electron chi connectivity index (χ0n) is 20.5. The molecule has 2 aromatic rings. The number of unbranched alkanes of at least 4 members (excludes halogenated alkanes) is 1. The number of nitrogens with two attached hydrogens (primary N) is 3. The minimum Gasteiger partial charge on any atom is -0.492 e. The first-order valence-corrected chi connectivity index (χ1v) is 11.7. The average molecular weight is 598 g/mol. The summed E-state index contributed by atoms with van der Waals surface area (Å²) in [5.41, 5.74) is 17.8. The predicted octanol–water partition coefficient (Wildman–Crippen LogP) is -0.112. The van der Waals surface area contributed by atoms with E-state index in [0.717, 1.165) is 30.6 Å². The number of carbonyl (C=O) groups is 1. The van der Waals surface area contributed by atoms with E-state index < -0.39 is 24.7 Å². The van der Waals surface area contributed by atoms with Gasteiger partial charge in [0.2, 0.25) is 0 Å². The summed E-state index contributed by atoms with van der Waals surface area (Å²) in [7, 11) is 0. The summed E-state index contributed by atoms with van der Waals surface area (Å²) in [6, 6.07) is 7.71. The van der Waals surface area contributed by atoms with Crippen LogP contribution in [0, 0.1) is 0 Å². The van der Waals surface area contributed by atoms with Gasteiger partial charge in [0.15, 0.2) is 28.4 Å². The number of nitrogens with one attached hydrogen (secondary N) is 2. The highest BCUT2D eigenvalue weighted by Crippen LogP contribution is 2.17.